The Morgan fingerprint density at radius 2 is 1.79 bits per heavy atom. The van der Waals surface area contributed by atoms with Crippen LogP contribution in [-0.4, -0.2) is 65.9 Å². The quantitative estimate of drug-likeness (QED) is 0.848. The molecular formula is C20H29N3O. The van der Waals surface area contributed by atoms with Crippen molar-refractivity contribution in [1.29, 1.82) is 0 Å². The van der Waals surface area contributed by atoms with Gasteiger partial charge in [0.25, 0.3) is 0 Å². The summed E-state index contributed by atoms with van der Waals surface area (Å²) in [4.78, 5) is 19.9. The fourth-order valence-electron chi connectivity index (χ4n) is 4.63. The molecule has 4 nitrogen and oxygen atoms in total. The SMILES string of the molecule is O=C(CN1CCCC1)N1C[C@H]2CC[C@@H](C1)N(Cc1ccccc1)C2. The molecule has 0 unspecified atom stereocenters. The van der Waals surface area contributed by atoms with Crippen LogP contribution in [0.3, 0.4) is 0 Å². The van der Waals surface area contributed by atoms with Gasteiger partial charge in [0.1, 0.15) is 0 Å². The smallest absolute Gasteiger partial charge is 0.236 e. The molecule has 4 heteroatoms. The normalized spacial score (nSPS) is 28.2. The van der Waals surface area contributed by atoms with Crippen molar-refractivity contribution in [3.63, 3.8) is 0 Å². The highest BCUT2D eigenvalue weighted by molar-refractivity contribution is 5.78. The number of likely N-dealkylation sites (tertiary alicyclic amines) is 1. The van der Waals surface area contributed by atoms with Crippen molar-refractivity contribution >= 4 is 5.91 Å². The van der Waals surface area contributed by atoms with E-state index in [1.165, 1.54) is 31.2 Å². The molecule has 0 radical (unpaired) electrons. The van der Waals surface area contributed by atoms with Crippen LogP contribution in [0.15, 0.2) is 30.3 Å². The summed E-state index contributed by atoms with van der Waals surface area (Å²) in [6.45, 7) is 6.91. The van der Waals surface area contributed by atoms with Gasteiger partial charge in [-0.05, 0) is 50.3 Å². The molecule has 24 heavy (non-hydrogen) atoms. The van der Waals surface area contributed by atoms with Crippen LogP contribution in [0.1, 0.15) is 31.2 Å². The fraction of sp³-hybridized carbons (Fsp3) is 0.650. The lowest BCUT2D eigenvalue weighted by Crippen LogP contribution is -2.45. The molecule has 0 saturated carbocycles. The van der Waals surface area contributed by atoms with Gasteiger partial charge < -0.3 is 4.90 Å². The van der Waals surface area contributed by atoms with Gasteiger partial charge in [-0.1, -0.05) is 30.3 Å². The molecule has 1 amide bonds. The van der Waals surface area contributed by atoms with Crippen molar-refractivity contribution in [3.05, 3.63) is 35.9 Å². The molecular weight excluding hydrogens is 298 g/mol. The van der Waals surface area contributed by atoms with Crippen LogP contribution >= 0.6 is 0 Å². The highest BCUT2D eigenvalue weighted by atomic mass is 16.2. The van der Waals surface area contributed by atoms with Crippen LogP contribution in [0.25, 0.3) is 0 Å². The Balaban J connectivity index is 1.39. The molecule has 2 atom stereocenters. The van der Waals surface area contributed by atoms with E-state index in [-0.39, 0.29) is 0 Å². The van der Waals surface area contributed by atoms with E-state index >= 15 is 0 Å². The van der Waals surface area contributed by atoms with Crippen molar-refractivity contribution in [3.8, 4) is 0 Å². The Bertz CT molecular complexity index is 555. The number of benzene rings is 1. The van der Waals surface area contributed by atoms with Gasteiger partial charge in [-0.3, -0.25) is 14.6 Å². The maximum Gasteiger partial charge on any atom is 0.236 e. The van der Waals surface area contributed by atoms with Gasteiger partial charge in [0.15, 0.2) is 0 Å². The summed E-state index contributed by atoms with van der Waals surface area (Å²) in [7, 11) is 0. The molecule has 0 aliphatic carbocycles. The first-order valence-corrected chi connectivity index (χ1v) is 9.56. The number of amides is 1. The van der Waals surface area contributed by atoms with Crippen molar-refractivity contribution in [2.75, 3.05) is 39.3 Å². The molecule has 4 saturated heterocycles. The van der Waals surface area contributed by atoms with Crippen LogP contribution < -0.4 is 0 Å². The van der Waals surface area contributed by atoms with Crippen LogP contribution in [-0.2, 0) is 11.3 Å². The zero-order chi connectivity index (χ0) is 16.4. The highest BCUT2D eigenvalue weighted by Gasteiger charge is 2.36. The summed E-state index contributed by atoms with van der Waals surface area (Å²) in [5, 5.41) is 0. The monoisotopic (exact) mass is 327 g/mol. The summed E-state index contributed by atoms with van der Waals surface area (Å²) >= 11 is 0. The molecule has 2 bridgehead atoms. The number of carbonyl (C=O) groups is 1. The van der Waals surface area contributed by atoms with Crippen molar-refractivity contribution in [2.45, 2.75) is 38.3 Å². The minimum Gasteiger partial charge on any atom is -0.340 e. The second kappa shape index (κ2) is 7.24. The topological polar surface area (TPSA) is 26.8 Å². The molecule has 0 N–H and O–H groups in total. The number of piperidine rings is 1. The summed E-state index contributed by atoms with van der Waals surface area (Å²) in [5.41, 5.74) is 1.39. The number of hydrogen-bond donors (Lipinski definition) is 0. The standard InChI is InChI=1S/C20H29N3O/c24-20(16-21-10-4-5-11-21)23-14-18-8-9-19(15-23)22(13-18)12-17-6-2-1-3-7-17/h1-3,6-7,18-19H,4-5,8-16H2/t18-,19-/m0/s1. The van der Waals surface area contributed by atoms with Crippen molar-refractivity contribution < 1.29 is 4.79 Å². The van der Waals surface area contributed by atoms with Crippen LogP contribution in [0, 0.1) is 5.92 Å². The zero-order valence-corrected chi connectivity index (χ0v) is 14.6. The Kier molecular flexibility index (Phi) is 4.86. The molecule has 1 aromatic rings. The molecule has 5 rings (SSSR count). The lowest BCUT2D eigenvalue weighted by atomic mass is 9.94. The van der Waals surface area contributed by atoms with Crippen LogP contribution in [0.2, 0.25) is 0 Å². The van der Waals surface area contributed by atoms with E-state index < -0.39 is 0 Å². The minimum absolute atomic E-state index is 0.357. The molecule has 4 aliphatic rings. The van der Waals surface area contributed by atoms with E-state index in [4.69, 9.17) is 0 Å². The van der Waals surface area contributed by atoms with Crippen LogP contribution in [0.5, 0.6) is 0 Å². The molecule has 130 valence electrons. The molecule has 4 fully saturated rings. The number of rotatable bonds is 4. The molecule has 0 spiro atoms. The van der Waals surface area contributed by atoms with E-state index in [1.54, 1.807) is 0 Å². The summed E-state index contributed by atoms with van der Waals surface area (Å²) in [6, 6.07) is 11.3. The average molecular weight is 327 g/mol. The Morgan fingerprint density at radius 1 is 1.00 bits per heavy atom. The van der Waals surface area contributed by atoms with E-state index in [9.17, 15) is 4.79 Å². The summed E-state index contributed by atoms with van der Waals surface area (Å²) < 4.78 is 0. The largest absolute Gasteiger partial charge is 0.340 e. The Morgan fingerprint density at radius 3 is 2.58 bits per heavy atom. The first kappa shape index (κ1) is 16.1. The van der Waals surface area contributed by atoms with Crippen LogP contribution in [0.4, 0.5) is 0 Å². The molecule has 4 heterocycles. The maximum absolute atomic E-state index is 12.8. The second-order valence-corrected chi connectivity index (χ2v) is 7.79. The van der Waals surface area contributed by atoms with Crippen molar-refractivity contribution in [1.82, 2.24) is 14.7 Å². The van der Waals surface area contributed by atoms with Gasteiger partial charge in [0, 0.05) is 32.2 Å². The first-order valence-electron chi connectivity index (χ1n) is 9.56. The Labute approximate surface area is 145 Å². The number of carbonyl (C=O) groups excluding carboxylic acids is 1. The second-order valence-electron chi connectivity index (χ2n) is 7.79. The third-order valence-corrected chi connectivity index (χ3v) is 5.97. The van der Waals surface area contributed by atoms with Gasteiger partial charge in [-0.25, -0.2) is 0 Å². The highest BCUT2D eigenvalue weighted by Crippen LogP contribution is 2.29. The predicted molar refractivity (Wildman–Crippen MR) is 95.6 cm³/mol. The molecule has 4 aliphatic heterocycles. The van der Waals surface area contributed by atoms with E-state index in [0.717, 1.165) is 39.3 Å². The van der Waals surface area contributed by atoms with Gasteiger partial charge >= 0.3 is 0 Å². The zero-order valence-electron chi connectivity index (χ0n) is 14.6. The van der Waals surface area contributed by atoms with Gasteiger partial charge in [0.2, 0.25) is 5.91 Å². The van der Waals surface area contributed by atoms with Crippen molar-refractivity contribution in [2.24, 2.45) is 5.92 Å². The average Bonchev–Trinajstić information content (AvgIpc) is 2.93. The number of nitrogens with zero attached hydrogens (tertiary/aromatic N) is 3. The van der Waals surface area contributed by atoms with Gasteiger partial charge in [-0.2, -0.15) is 0 Å². The summed E-state index contributed by atoms with van der Waals surface area (Å²) in [5.74, 6) is 1.00. The minimum atomic E-state index is 0.357. The fourth-order valence-corrected chi connectivity index (χ4v) is 4.63. The number of hydrogen-bond acceptors (Lipinski definition) is 3. The molecule has 1 aromatic carbocycles. The Hall–Kier alpha value is -1.39. The van der Waals surface area contributed by atoms with E-state index in [2.05, 4.69) is 45.0 Å². The lowest BCUT2D eigenvalue weighted by Gasteiger charge is -2.36. The van der Waals surface area contributed by atoms with E-state index in [1.807, 2.05) is 0 Å². The van der Waals surface area contributed by atoms with Gasteiger partial charge in [0.05, 0.1) is 6.54 Å². The summed E-state index contributed by atoms with van der Waals surface area (Å²) in [6.07, 6.45) is 5.03. The van der Waals surface area contributed by atoms with Gasteiger partial charge in [-0.15, -0.1) is 0 Å². The molecule has 0 aromatic heterocycles. The predicted octanol–water partition coefficient (Wildman–Crippen LogP) is 2.21. The first-order chi connectivity index (χ1) is 11.8. The maximum atomic E-state index is 12.8. The lowest BCUT2D eigenvalue weighted by molar-refractivity contribution is -0.132. The number of fused-ring (bicyclic) bond motifs is 4. The third kappa shape index (κ3) is 3.65. The van der Waals surface area contributed by atoms with E-state index in [0.29, 0.717) is 24.4 Å². The third-order valence-electron chi connectivity index (χ3n) is 5.97.